The van der Waals surface area contributed by atoms with Gasteiger partial charge in [0.1, 0.15) is 23.4 Å². The molecule has 0 spiro atoms. The van der Waals surface area contributed by atoms with Gasteiger partial charge in [-0.2, -0.15) is 0 Å². The van der Waals surface area contributed by atoms with Crippen LogP contribution in [0.25, 0.3) is 0 Å². The molecule has 2 aromatic rings. The van der Waals surface area contributed by atoms with Crippen LogP contribution in [0.15, 0.2) is 42.5 Å². The van der Waals surface area contributed by atoms with Gasteiger partial charge in [0.2, 0.25) is 0 Å². The highest BCUT2D eigenvalue weighted by Crippen LogP contribution is 2.37. The lowest BCUT2D eigenvalue weighted by Gasteiger charge is -2.24. The monoisotopic (exact) mass is 342 g/mol. The van der Waals surface area contributed by atoms with Crippen LogP contribution in [0.4, 0.5) is 0 Å². The van der Waals surface area contributed by atoms with Crippen LogP contribution < -0.4 is 20.3 Å². The molecule has 3 N–H and O–H groups in total. The topological polar surface area (TPSA) is 62.8 Å². The lowest BCUT2D eigenvalue weighted by molar-refractivity contribution is 0.170. The van der Waals surface area contributed by atoms with Crippen LogP contribution in [-0.2, 0) is 6.42 Å². The quantitative estimate of drug-likeness (QED) is 0.751. The van der Waals surface area contributed by atoms with Gasteiger partial charge < -0.3 is 14.6 Å². The Morgan fingerprint density at radius 2 is 1.84 bits per heavy atom. The minimum atomic E-state index is -0.156. The molecule has 1 fully saturated rings. The first-order valence-electron chi connectivity index (χ1n) is 8.85. The van der Waals surface area contributed by atoms with Gasteiger partial charge in [-0.25, -0.2) is 5.43 Å². The molecule has 0 saturated carbocycles. The highest BCUT2D eigenvalue weighted by atomic mass is 16.5. The zero-order chi connectivity index (χ0) is 17.8. The minimum absolute atomic E-state index is 0.0984. The number of nitrogens with one attached hydrogen (secondary N) is 2. The van der Waals surface area contributed by atoms with Crippen molar-refractivity contribution in [1.82, 2.24) is 10.9 Å². The van der Waals surface area contributed by atoms with Crippen molar-refractivity contribution >= 4 is 0 Å². The van der Waals surface area contributed by atoms with E-state index in [9.17, 15) is 5.11 Å². The van der Waals surface area contributed by atoms with E-state index < -0.39 is 0 Å². The first-order chi connectivity index (χ1) is 12.1. The molecule has 3 atom stereocenters. The number of aromatic hydroxyl groups is 1. The molecule has 0 aliphatic carbocycles. The molecular formula is C20H26N2O3. The molecule has 25 heavy (non-hydrogen) atoms. The van der Waals surface area contributed by atoms with Gasteiger partial charge in [-0.3, -0.25) is 5.43 Å². The highest BCUT2D eigenvalue weighted by Gasteiger charge is 2.37. The Labute approximate surface area is 148 Å². The van der Waals surface area contributed by atoms with Crippen LogP contribution in [0.2, 0.25) is 0 Å². The maximum atomic E-state index is 10.6. The van der Waals surface area contributed by atoms with E-state index in [0.717, 1.165) is 29.0 Å². The van der Waals surface area contributed by atoms with Crippen LogP contribution in [0, 0.1) is 0 Å². The second-order valence-electron chi connectivity index (χ2n) is 6.26. The molecule has 0 bridgehead atoms. The third-order valence-electron chi connectivity index (χ3n) is 4.53. The summed E-state index contributed by atoms with van der Waals surface area (Å²) in [6, 6.07) is 13.4. The summed E-state index contributed by atoms with van der Waals surface area (Å²) in [5.74, 6) is 1.78. The molecule has 3 unspecified atom stereocenters. The molecular weight excluding hydrogens is 316 g/mol. The van der Waals surface area contributed by atoms with Crippen LogP contribution in [0.1, 0.15) is 37.9 Å². The number of phenolic OH excluding ortho intramolecular Hbond substituents is 1. The normalized spacial score (nSPS) is 22.8. The zero-order valence-electron chi connectivity index (χ0n) is 15.0. The highest BCUT2D eigenvalue weighted by molar-refractivity contribution is 5.48. The molecule has 5 heteroatoms. The van der Waals surface area contributed by atoms with Gasteiger partial charge in [-0.05, 0) is 44.0 Å². The van der Waals surface area contributed by atoms with Gasteiger partial charge in [-0.1, -0.05) is 25.1 Å². The van der Waals surface area contributed by atoms with Crippen molar-refractivity contribution in [3.05, 3.63) is 53.6 Å². The average Bonchev–Trinajstić information content (AvgIpc) is 2.97. The second-order valence-corrected chi connectivity index (χ2v) is 6.26. The number of benzene rings is 2. The largest absolute Gasteiger partial charge is 0.507 e. The van der Waals surface area contributed by atoms with E-state index in [4.69, 9.17) is 9.47 Å². The van der Waals surface area contributed by atoms with E-state index in [1.54, 1.807) is 6.07 Å². The lowest BCUT2D eigenvalue weighted by atomic mass is 9.95. The average molecular weight is 342 g/mol. The zero-order valence-corrected chi connectivity index (χ0v) is 15.0. The van der Waals surface area contributed by atoms with Crippen molar-refractivity contribution < 1.29 is 14.6 Å². The Hall–Kier alpha value is -2.24. The number of hydrazine groups is 1. The third kappa shape index (κ3) is 3.72. The second kappa shape index (κ2) is 7.76. The number of ether oxygens (including phenoxy) is 2. The standard InChI is InChI=1S/C20H26N2O3/c1-4-14-11-16(17(23)12-18(14)24-5-2)19-20(13(3)21-22-19)25-15-9-7-6-8-10-15/h6-13,19-23H,4-5H2,1-3H3. The predicted octanol–water partition coefficient (Wildman–Crippen LogP) is 3.34. The number of hydrogen-bond acceptors (Lipinski definition) is 5. The number of hydrogen-bond donors (Lipinski definition) is 3. The molecule has 0 amide bonds. The predicted molar refractivity (Wildman–Crippen MR) is 98.0 cm³/mol. The fourth-order valence-electron chi connectivity index (χ4n) is 3.20. The van der Waals surface area contributed by atoms with E-state index >= 15 is 0 Å². The summed E-state index contributed by atoms with van der Waals surface area (Å²) in [6.07, 6.45) is 0.693. The molecule has 0 aromatic heterocycles. The Morgan fingerprint density at radius 3 is 2.52 bits per heavy atom. The molecule has 3 rings (SSSR count). The van der Waals surface area contributed by atoms with Gasteiger partial charge in [0.15, 0.2) is 0 Å². The summed E-state index contributed by atoms with van der Waals surface area (Å²) in [5, 5.41) is 10.6. The molecule has 1 heterocycles. The molecule has 1 aliphatic heterocycles. The molecule has 0 radical (unpaired) electrons. The maximum absolute atomic E-state index is 10.6. The number of para-hydroxylation sites is 1. The van der Waals surface area contributed by atoms with Gasteiger partial charge in [0.05, 0.1) is 18.7 Å². The fourth-order valence-corrected chi connectivity index (χ4v) is 3.20. The first-order valence-corrected chi connectivity index (χ1v) is 8.85. The van der Waals surface area contributed by atoms with Crippen LogP contribution in [-0.4, -0.2) is 23.9 Å². The number of phenols is 1. The van der Waals surface area contributed by atoms with Crippen LogP contribution in [0.5, 0.6) is 17.2 Å². The SMILES string of the molecule is CCOc1cc(O)c(C2NNC(C)C2Oc2ccccc2)cc1CC. The van der Waals surface area contributed by atoms with Crippen molar-refractivity contribution in [3.63, 3.8) is 0 Å². The fraction of sp³-hybridized carbons (Fsp3) is 0.400. The number of rotatable bonds is 6. The van der Waals surface area contributed by atoms with Crippen molar-refractivity contribution in [3.8, 4) is 17.2 Å². The summed E-state index contributed by atoms with van der Waals surface area (Å²) in [7, 11) is 0. The lowest BCUT2D eigenvalue weighted by Crippen LogP contribution is -2.33. The van der Waals surface area contributed by atoms with E-state index in [1.165, 1.54) is 0 Å². The van der Waals surface area contributed by atoms with Crippen LogP contribution >= 0.6 is 0 Å². The summed E-state index contributed by atoms with van der Waals surface area (Å²) < 4.78 is 11.8. The third-order valence-corrected chi connectivity index (χ3v) is 4.53. The number of aryl methyl sites for hydroxylation is 1. The maximum Gasteiger partial charge on any atom is 0.136 e. The first kappa shape index (κ1) is 17.6. The summed E-state index contributed by atoms with van der Waals surface area (Å²) in [5.41, 5.74) is 8.38. The Kier molecular flexibility index (Phi) is 5.46. The summed E-state index contributed by atoms with van der Waals surface area (Å²) >= 11 is 0. The summed E-state index contributed by atoms with van der Waals surface area (Å²) in [4.78, 5) is 0. The molecule has 2 aromatic carbocycles. The van der Waals surface area contributed by atoms with Crippen molar-refractivity contribution in [2.75, 3.05) is 6.61 Å². The van der Waals surface area contributed by atoms with Gasteiger partial charge in [0.25, 0.3) is 0 Å². The van der Waals surface area contributed by atoms with Crippen molar-refractivity contribution in [2.24, 2.45) is 0 Å². The van der Waals surface area contributed by atoms with E-state index in [2.05, 4.69) is 24.7 Å². The molecule has 5 nitrogen and oxygen atoms in total. The van der Waals surface area contributed by atoms with Crippen molar-refractivity contribution in [2.45, 2.75) is 45.4 Å². The Morgan fingerprint density at radius 1 is 1.08 bits per heavy atom. The molecule has 1 saturated heterocycles. The van der Waals surface area contributed by atoms with Gasteiger partial charge in [0, 0.05) is 11.6 Å². The Balaban J connectivity index is 1.91. The van der Waals surface area contributed by atoms with Crippen molar-refractivity contribution in [1.29, 1.82) is 0 Å². The van der Waals surface area contributed by atoms with Gasteiger partial charge in [-0.15, -0.1) is 0 Å². The molecule has 134 valence electrons. The van der Waals surface area contributed by atoms with Gasteiger partial charge >= 0.3 is 0 Å². The molecule has 1 aliphatic rings. The van der Waals surface area contributed by atoms with E-state index in [-0.39, 0.29) is 23.9 Å². The Bertz CT molecular complexity index is 706. The smallest absolute Gasteiger partial charge is 0.136 e. The van der Waals surface area contributed by atoms with Crippen LogP contribution in [0.3, 0.4) is 0 Å². The van der Waals surface area contributed by atoms with E-state index in [1.807, 2.05) is 43.3 Å². The summed E-state index contributed by atoms with van der Waals surface area (Å²) in [6.45, 7) is 6.66. The van der Waals surface area contributed by atoms with E-state index in [0.29, 0.717) is 6.61 Å². The minimum Gasteiger partial charge on any atom is -0.507 e.